The van der Waals surface area contributed by atoms with Crippen LogP contribution in [-0.2, 0) is 38.2 Å². The lowest BCUT2D eigenvalue weighted by molar-refractivity contribution is -0.155. The fourth-order valence-electron chi connectivity index (χ4n) is 7.87. The molecule has 74 heavy (non-hydrogen) atoms. The SMILES string of the molecule is CSCCC(NC(=O)NCC(=O)OC1CC(C)(C)C(C=CC(C)=CC=CC(C)=CC=CC=C(C)C=CC=C(C)C=CC2=C(C)C(=O)C(OC(=O)CNC(=O)NC(CCSC)C(=O)O)CC2(C)C)=C(C)C1=O)C(=O)O. The van der Waals surface area contributed by atoms with Crippen LogP contribution in [0.2, 0.25) is 0 Å². The molecule has 6 N–H and O–H groups in total. The number of ether oxygens (including phenoxy) is 2. The molecule has 0 aromatic heterocycles. The molecule has 0 saturated carbocycles. The quantitative estimate of drug-likeness (QED) is 0.0350. The van der Waals surface area contributed by atoms with Crippen molar-refractivity contribution in [3.05, 3.63) is 130 Å². The summed E-state index contributed by atoms with van der Waals surface area (Å²) in [5.74, 6) is -3.53. The van der Waals surface area contributed by atoms with Gasteiger partial charge < -0.3 is 41.0 Å². The number of carboxylic acids is 2. The number of amides is 4. The minimum Gasteiger partial charge on any atom is -0.480 e. The number of aliphatic carboxylic acids is 2. The van der Waals surface area contributed by atoms with Crippen molar-refractivity contribution in [2.45, 2.75) is 119 Å². The number of carbonyl (C=O) groups is 8. The van der Waals surface area contributed by atoms with Crippen LogP contribution >= 0.6 is 23.5 Å². The molecule has 0 fully saturated rings. The fourth-order valence-corrected chi connectivity index (χ4v) is 8.81. The minimum absolute atomic E-state index is 0.224. The van der Waals surface area contributed by atoms with Crippen molar-refractivity contribution in [3.63, 3.8) is 0 Å². The van der Waals surface area contributed by atoms with E-state index in [0.29, 0.717) is 22.7 Å². The summed E-state index contributed by atoms with van der Waals surface area (Å²) in [6, 6.07) is -3.83. The minimum atomic E-state index is -1.18. The number of urea groups is 2. The van der Waals surface area contributed by atoms with Crippen LogP contribution in [0.1, 0.15) is 94.9 Å². The van der Waals surface area contributed by atoms with E-state index in [1.54, 1.807) is 13.8 Å². The van der Waals surface area contributed by atoms with Crippen molar-refractivity contribution in [2.24, 2.45) is 10.8 Å². The van der Waals surface area contributed by atoms with Gasteiger partial charge in [-0.2, -0.15) is 23.5 Å². The Morgan fingerprint density at radius 1 is 0.581 bits per heavy atom. The Morgan fingerprint density at radius 3 is 1.23 bits per heavy atom. The van der Waals surface area contributed by atoms with Crippen LogP contribution in [0.25, 0.3) is 0 Å². The molecule has 0 aliphatic heterocycles. The van der Waals surface area contributed by atoms with Crippen molar-refractivity contribution in [1.29, 1.82) is 0 Å². The predicted molar refractivity (Wildman–Crippen MR) is 295 cm³/mol. The van der Waals surface area contributed by atoms with Crippen LogP contribution in [0, 0.1) is 10.8 Å². The molecule has 4 unspecified atom stereocenters. The fraction of sp³-hybridized carbons (Fsp3) is 0.464. The molecule has 0 aromatic rings. The summed E-state index contributed by atoms with van der Waals surface area (Å²) in [6.07, 6.45) is 29.9. The number of thioether (sulfide) groups is 2. The molecule has 2 aliphatic carbocycles. The maximum Gasteiger partial charge on any atom is 0.326 e. The molecule has 2 rings (SSSR count). The van der Waals surface area contributed by atoms with Gasteiger partial charge in [-0.25, -0.2) is 19.2 Å². The number of nitrogens with one attached hydrogen (secondary N) is 4. The van der Waals surface area contributed by atoms with Gasteiger partial charge >= 0.3 is 35.9 Å². The molecule has 2 aliphatic rings. The van der Waals surface area contributed by atoms with Crippen molar-refractivity contribution < 1.29 is 58.0 Å². The standard InChI is InChI=1S/C56H76N4O12S2/c1-35(19-15-21-37(3)23-25-41-39(5)49(63)45(31-55(41,7)8)71-47(61)33-57-53(69)59-43(51(65)66)27-29-73-11)17-13-14-18-36(2)20-16-22-38(4)24-26-42-40(6)50(64)46(32-56(42,9)10)72-48(62)34-58-54(70)60-44(52(67)68)28-30-74-12/h13-26,43-46H,27-34H2,1-12H3,(H,65,66)(H,67,68)(H2,57,59,69)(H2,58,60,70). The second-order valence-electron chi connectivity index (χ2n) is 19.4. The third-order valence-corrected chi connectivity index (χ3v) is 13.3. The van der Waals surface area contributed by atoms with Gasteiger partial charge in [-0.1, -0.05) is 135 Å². The second kappa shape index (κ2) is 31.4. The molecule has 0 spiro atoms. The number of esters is 2. The molecule has 18 heteroatoms. The maximum atomic E-state index is 13.3. The Bertz CT molecular complexity index is 2280. The first-order valence-electron chi connectivity index (χ1n) is 24.2. The van der Waals surface area contributed by atoms with E-state index < -0.39 is 84.2 Å². The lowest BCUT2D eigenvalue weighted by Gasteiger charge is -2.36. The third kappa shape index (κ3) is 22.4. The first kappa shape index (κ1) is 63.7. The van der Waals surface area contributed by atoms with Crippen molar-refractivity contribution in [3.8, 4) is 0 Å². The molecule has 0 saturated heterocycles. The van der Waals surface area contributed by atoms with Gasteiger partial charge in [0.25, 0.3) is 0 Å². The van der Waals surface area contributed by atoms with Gasteiger partial charge in [0.05, 0.1) is 0 Å². The van der Waals surface area contributed by atoms with Crippen LogP contribution < -0.4 is 21.3 Å². The summed E-state index contributed by atoms with van der Waals surface area (Å²) in [5.41, 5.74) is 5.58. The highest BCUT2D eigenvalue weighted by Gasteiger charge is 2.41. The van der Waals surface area contributed by atoms with Gasteiger partial charge in [0.2, 0.25) is 0 Å². The van der Waals surface area contributed by atoms with Crippen LogP contribution in [0.3, 0.4) is 0 Å². The number of allylic oxidation sites excluding steroid dienone is 20. The van der Waals surface area contributed by atoms with Gasteiger partial charge in [0.15, 0.2) is 23.8 Å². The highest BCUT2D eigenvalue weighted by molar-refractivity contribution is 7.98. The molecule has 4 amide bonds. The average Bonchev–Trinajstić information content (AvgIpc) is 3.31. The molecular weight excluding hydrogens is 985 g/mol. The van der Waals surface area contributed by atoms with Crippen LogP contribution in [0.5, 0.6) is 0 Å². The van der Waals surface area contributed by atoms with Crippen LogP contribution in [-0.4, -0.2) is 119 Å². The number of hydrogen-bond donors (Lipinski definition) is 6. The van der Waals surface area contributed by atoms with Crippen LogP contribution in [0.15, 0.2) is 130 Å². The molecule has 0 bridgehead atoms. The summed E-state index contributed by atoms with van der Waals surface area (Å²) in [5, 5.41) is 27.9. The second-order valence-corrected chi connectivity index (χ2v) is 21.3. The van der Waals surface area contributed by atoms with Gasteiger partial charge in [-0.15, -0.1) is 0 Å². The number of Topliss-reactive ketones (excluding diaryl/α,β-unsaturated/α-hetero) is 2. The Labute approximate surface area is 445 Å². The topological polar surface area (TPSA) is 244 Å². The number of hydrogen-bond acceptors (Lipinski definition) is 12. The van der Waals surface area contributed by atoms with E-state index in [1.165, 1.54) is 23.5 Å². The van der Waals surface area contributed by atoms with Crippen molar-refractivity contribution >= 4 is 71.0 Å². The monoisotopic (exact) mass is 1060 g/mol. The molecule has 404 valence electrons. The smallest absolute Gasteiger partial charge is 0.326 e. The lowest BCUT2D eigenvalue weighted by Crippen LogP contribution is -2.48. The van der Waals surface area contributed by atoms with E-state index in [1.807, 2.05) is 153 Å². The van der Waals surface area contributed by atoms with Crippen molar-refractivity contribution in [2.75, 3.05) is 37.1 Å². The predicted octanol–water partition coefficient (Wildman–Crippen LogP) is 9.02. The van der Waals surface area contributed by atoms with Gasteiger partial charge in [-0.3, -0.25) is 19.2 Å². The Balaban J connectivity index is 1.94. The zero-order chi connectivity index (χ0) is 55.8. The lowest BCUT2D eigenvalue weighted by atomic mass is 9.71. The third-order valence-electron chi connectivity index (χ3n) is 12.0. The summed E-state index contributed by atoms with van der Waals surface area (Å²) in [4.78, 5) is 99.1. The number of carbonyl (C=O) groups excluding carboxylic acids is 6. The molecule has 0 aromatic carbocycles. The van der Waals surface area contributed by atoms with Gasteiger partial charge in [-0.05, 0) is 112 Å². The van der Waals surface area contributed by atoms with E-state index >= 15 is 0 Å². The highest BCUT2D eigenvalue weighted by Crippen LogP contribution is 2.42. The van der Waals surface area contributed by atoms with E-state index in [2.05, 4.69) is 21.3 Å². The summed E-state index contributed by atoms with van der Waals surface area (Å²) in [6.45, 7) is 18.1. The summed E-state index contributed by atoms with van der Waals surface area (Å²) >= 11 is 2.90. The Kier molecular flexibility index (Phi) is 27.0. The number of carboxylic acid groups (broad SMARTS) is 2. The molecule has 0 heterocycles. The molecule has 4 atom stereocenters. The van der Waals surface area contributed by atoms with E-state index in [0.717, 1.165) is 33.4 Å². The zero-order valence-electron chi connectivity index (χ0n) is 44.8. The van der Waals surface area contributed by atoms with E-state index in [9.17, 15) is 48.6 Å². The molecular formula is C56H76N4O12S2. The average molecular weight is 1060 g/mol. The van der Waals surface area contributed by atoms with E-state index in [-0.39, 0.29) is 37.2 Å². The number of ketones is 2. The normalized spacial score (nSPS) is 19.7. The van der Waals surface area contributed by atoms with E-state index in [4.69, 9.17) is 9.47 Å². The van der Waals surface area contributed by atoms with Crippen molar-refractivity contribution in [1.82, 2.24) is 21.3 Å². The first-order chi connectivity index (χ1) is 34.7. The Morgan fingerprint density at radius 2 is 0.905 bits per heavy atom. The van der Waals surface area contributed by atoms with Gasteiger partial charge in [0.1, 0.15) is 25.2 Å². The molecule has 16 nitrogen and oxygen atoms in total. The first-order valence-corrected chi connectivity index (χ1v) is 27.0. The Hall–Kier alpha value is -6.40. The largest absolute Gasteiger partial charge is 0.480 e. The highest BCUT2D eigenvalue weighted by atomic mass is 32.2. The zero-order valence-corrected chi connectivity index (χ0v) is 46.5. The summed E-state index contributed by atoms with van der Waals surface area (Å²) in [7, 11) is 0. The number of rotatable bonds is 26. The summed E-state index contributed by atoms with van der Waals surface area (Å²) < 4.78 is 11.0. The van der Waals surface area contributed by atoms with Crippen LogP contribution in [0.4, 0.5) is 9.59 Å². The van der Waals surface area contributed by atoms with Gasteiger partial charge in [0, 0.05) is 12.8 Å². The molecule has 0 radical (unpaired) electrons. The maximum absolute atomic E-state index is 13.3.